The number of nitrogens with zero attached hydrogens (tertiary/aromatic N) is 2. The van der Waals surface area contributed by atoms with Gasteiger partial charge in [-0.05, 0) is 77.8 Å². The van der Waals surface area contributed by atoms with Gasteiger partial charge in [-0.15, -0.1) is 0 Å². The second kappa shape index (κ2) is 9.51. The largest absolute Gasteiger partial charge is 0.303 e. The number of likely N-dealkylation sites (tertiary alicyclic amines) is 2. The van der Waals surface area contributed by atoms with E-state index in [1.807, 2.05) is 0 Å². The van der Waals surface area contributed by atoms with Crippen LogP contribution >= 0.6 is 0 Å². The number of piperidine rings is 2. The standard InChI is InChI=1S/C17H32N2O/c20-17(9-7-15-18-11-3-1-4-12-18)10-8-16-19-13-5-2-6-14-19/h1-16H2. The van der Waals surface area contributed by atoms with E-state index >= 15 is 0 Å². The molecule has 20 heavy (non-hydrogen) atoms. The Hall–Kier alpha value is -0.410. The van der Waals surface area contributed by atoms with Crippen LogP contribution in [0.25, 0.3) is 0 Å². The van der Waals surface area contributed by atoms with E-state index in [0.29, 0.717) is 5.78 Å². The lowest BCUT2D eigenvalue weighted by molar-refractivity contribution is -0.119. The second-order valence-corrected chi connectivity index (χ2v) is 6.55. The number of hydrogen-bond donors (Lipinski definition) is 0. The molecular weight excluding hydrogens is 248 g/mol. The van der Waals surface area contributed by atoms with Gasteiger partial charge in [-0.3, -0.25) is 4.79 Å². The van der Waals surface area contributed by atoms with E-state index in [0.717, 1.165) is 38.8 Å². The van der Waals surface area contributed by atoms with Gasteiger partial charge in [0, 0.05) is 12.8 Å². The predicted octanol–water partition coefficient (Wildman–Crippen LogP) is 3.09. The molecule has 0 spiro atoms. The highest BCUT2D eigenvalue weighted by Gasteiger charge is 2.12. The van der Waals surface area contributed by atoms with Crippen LogP contribution in [0.1, 0.15) is 64.2 Å². The van der Waals surface area contributed by atoms with E-state index in [1.54, 1.807) is 0 Å². The first kappa shape index (κ1) is 16.0. The molecule has 0 saturated carbocycles. The average molecular weight is 280 g/mol. The molecule has 2 fully saturated rings. The molecule has 0 aliphatic carbocycles. The van der Waals surface area contributed by atoms with Gasteiger partial charge in [-0.1, -0.05) is 12.8 Å². The Morgan fingerprint density at radius 3 is 1.45 bits per heavy atom. The molecule has 0 atom stereocenters. The van der Waals surface area contributed by atoms with E-state index in [2.05, 4.69) is 9.80 Å². The molecule has 2 saturated heterocycles. The van der Waals surface area contributed by atoms with Crippen LogP contribution in [0.15, 0.2) is 0 Å². The minimum absolute atomic E-state index is 0.485. The highest BCUT2D eigenvalue weighted by Crippen LogP contribution is 2.11. The Bertz CT molecular complexity index is 242. The maximum Gasteiger partial charge on any atom is 0.133 e. The number of ketones is 1. The first-order valence-electron chi connectivity index (χ1n) is 8.81. The molecule has 0 aromatic heterocycles. The van der Waals surface area contributed by atoms with Crippen molar-refractivity contribution in [3.8, 4) is 0 Å². The lowest BCUT2D eigenvalue weighted by atomic mass is 10.1. The van der Waals surface area contributed by atoms with Gasteiger partial charge >= 0.3 is 0 Å². The van der Waals surface area contributed by atoms with Gasteiger partial charge in [-0.2, -0.15) is 0 Å². The van der Waals surface area contributed by atoms with Crippen LogP contribution < -0.4 is 0 Å². The monoisotopic (exact) mass is 280 g/mol. The Morgan fingerprint density at radius 2 is 1.05 bits per heavy atom. The summed E-state index contributed by atoms with van der Waals surface area (Å²) in [6, 6.07) is 0. The molecule has 2 heterocycles. The van der Waals surface area contributed by atoms with Gasteiger partial charge in [0.05, 0.1) is 0 Å². The fourth-order valence-corrected chi connectivity index (χ4v) is 3.49. The molecule has 0 radical (unpaired) electrons. The summed E-state index contributed by atoms with van der Waals surface area (Å²) in [5, 5.41) is 0. The summed E-state index contributed by atoms with van der Waals surface area (Å²) in [5.41, 5.74) is 0. The molecule has 0 aromatic rings. The first-order chi connectivity index (χ1) is 9.84. The van der Waals surface area contributed by atoms with Crippen molar-refractivity contribution < 1.29 is 4.79 Å². The van der Waals surface area contributed by atoms with Crippen LogP contribution in [0.4, 0.5) is 0 Å². The third-order valence-electron chi connectivity index (χ3n) is 4.76. The molecule has 2 aliphatic rings. The molecule has 2 aliphatic heterocycles. The molecule has 116 valence electrons. The highest BCUT2D eigenvalue weighted by molar-refractivity contribution is 5.78. The number of Topliss-reactive ketones (excluding diaryl/α,β-unsaturated/α-hetero) is 1. The fraction of sp³-hybridized carbons (Fsp3) is 0.941. The SMILES string of the molecule is O=C(CCCN1CCCCC1)CCCN1CCCCC1. The fourth-order valence-electron chi connectivity index (χ4n) is 3.49. The lowest BCUT2D eigenvalue weighted by Gasteiger charge is -2.26. The summed E-state index contributed by atoms with van der Waals surface area (Å²) in [6.07, 6.45) is 11.9. The zero-order valence-corrected chi connectivity index (χ0v) is 13.1. The van der Waals surface area contributed by atoms with Gasteiger partial charge in [0.2, 0.25) is 0 Å². The van der Waals surface area contributed by atoms with Crippen molar-refractivity contribution in [3.63, 3.8) is 0 Å². The van der Waals surface area contributed by atoms with Crippen molar-refractivity contribution in [2.24, 2.45) is 0 Å². The summed E-state index contributed by atoms with van der Waals surface area (Å²) in [6.45, 7) is 7.29. The smallest absolute Gasteiger partial charge is 0.133 e. The van der Waals surface area contributed by atoms with Crippen molar-refractivity contribution in [1.29, 1.82) is 0 Å². The van der Waals surface area contributed by atoms with Crippen LogP contribution in [-0.2, 0) is 4.79 Å². The van der Waals surface area contributed by atoms with Gasteiger partial charge in [0.25, 0.3) is 0 Å². The summed E-state index contributed by atoms with van der Waals surface area (Å²) in [7, 11) is 0. The number of carbonyl (C=O) groups excluding carboxylic acids is 1. The molecule has 0 bridgehead atoms. The Labute approximate surface area is 124 Å². The maximum atomic E-state index is 11.9. The van der Waals surface area contributed by atoms with E-state index in [4.69, 9.17) is 0 Å². The summed E-state index contributed by atoms with van der Waals surface area (Å²) >= 11 is 0. The number of rotatable bonds is 8. The maximum absolute atomic E-state index is 11.9. The number of hydrogen-bond acceptors (Lipinski definition) is 3. The number of carbonyl (C=O) groups is 1. The average Bonchev–Trinajstić information content (AvgIpc) is 2.49. The Kier molecular flexibility index (Phi) is 7.60. The normalized spacial score (nSPS) is 22.0. The van der Waals surface area contributed by atoms with E-state index in [9.17, 15) is 4.79 Å². The zero-order chi connectivity index (χ0) is 14.0. The molecule has 0 N–H and O–H groups in total. The summed E-state index contributed by atoms with van der Waals surface area (Å²) < 4.78 is 0. The summed E-state index contributed by atoms with van der Waals surface area (Å²) in [5.74, 6) is 0.485. The minimum Gasteiger partial charge on any atom is -0.303 e. The molecule has 3 heteroatoms. The lowest BCUT2D eigenvalue weighted by Crippen LogP contribution is -2.31. The summed E-state index contributed by atoms with van der Waals surface area (Å²) in [4.78, 5) is 17.0. The van der Waals surface area contributed by atoms with Gasteiger partial charge in [0.15, 0.2) is 0 Å². The van der Waals surface area contributed by atoms with Crippen molar-refractivity contribution in [1.82, 2.24) is 9.80 Å². The Morgan fingerprint density at radius 1 is 0.650 bits per heavy atom. The topological polar surface area (TPSA) is 23.6 Å². The van der Waals surface area contributed by atoms with Gasteiger partial charge in [-0.25, -0.2) is 0 Å². The van der Waals surface area contributed by atoms with E-state index < -0.39 is 0 Å². The minimum atomic E-state index is 0.485. The van der Waals surface area contributed by atoms with Crippen molar-refractivity contribution >= 4 is 5.78 Å². The molecule has 0 aromatic carbocycles. The van der Waals surface area contributed by atoms with Crippen LogP contribution in [0, 0.1) is 0 Å². The highest BCUT2D eigenvalue weighted by atomic mass is 16.1. The molecule has 2 rings (SSSR count). The van der Waals surface area contributed by atoms with Gasteiger partial charge in [0.1, 0.15) is 5.78 Å². The van der Waals surface area contributed by atoms with Crippen molar-refractivity contribution in [2.75, 3.05) is 39.3 Å². The van der Waals surface area contributed by atoms with Crippen LogP contribution in [0.2, 0.25) is 0 Å². The van der Waals surface area contributed by atoms with Crippen LogP contribution in [0.3, 0.4) is 0 Å². The first-order valence-corrected chi connectivity index (χ1v) is 8.81. The molecule has 3 nitrogen and oxygen atoms in total. The third-order valence-corrected chi connectivity index (χ3v) is 4.76. The van der Waals surface area contributed by atoms with Crippen molar-refractivity contribution in [2.45, 2.75) is 64.2 Å². The molecule has 0 unspecified atom stereocenters. The van der Waals surface area contributed by atoms with E-state index in [-0.39, 0.29) is 0 Å². The van der Waals surface area contributed by atoms with Gasteiger partial charge < -0.3 is 9.80 Å². The van der Waals surface area contributed by atoms with Crippen LogP contribution in [0.5, 0.6) is 0 Å². The third kappa shape index (κ3) is 6.36. The van der Waals surface area contributed by atoms with E-state index in [1.165, 1.54) is 64.7 Å². The Balaban J connectivity index is 1.45. The van der Waals surface area contributed by atoms with Crippen LogP contribution in [-0.4, -0.2) is 54.9 Å². The molecular formula is C17H32N2O. The van der Waals surface area contributed by atoms with Crippen molar-refractivity contribution in [3.05, 3.63) is 0 Å². The zero-order valence-electron chi connectivity index (χ0n) is 13.1. The second-order valence-electron chi connectivity index (χ2n) is 6.55. The predicted molar refractivity (Wildman–Crippen MR) is 84.1 cm³/mol. The quantitative estimate of drug-likeness (QED) is 0.682. The molecule has 0 amide bonds.